The zero-order valence-corrected chi connectivity index (χ0v) is 9.16. The van der Waals surface area contributed by atoms with Crippen LogP contribution in [-0.4, -0.2) is 26.2 Å². The molecule has 0 fully saturated rings. The first-order valence-electron chi connectivity index (χ1n) is 4.56. The Morgan fingerprint density at radius 1 is 1.44 bits per heavy atom. The lowest BCUT2D eigenvalue weighted by molar-refractivity contribution is -0.140. The summed E-state index contributed by atoms with van der Waals surface area (Å²) in [5, 5.41) is 0. The predicted octanol–water partition coefficient (Wildman–Crippen LogP) is 1.07. The van der Waals surface area contributed by atoms with E-state index < -0.39 is 11.9 Å². The topological polar surface area (TPSA) is 61.8 Å². The Morgan fingerprint density at radius 3 is 2.62 bits per heavy atom. The third-order valence-corrected chi connectivity index (χ3v) is 2.08. The molecule has 0 atom stereocenters. The molecule has 86 valence electrons. The van der Waals surface area contributed by atoms with Gasteiger partial charge in [0.2, 0.25) is 0 Å². The first kappa shape index (κ1) is 12.1. The Morgan fingerprint density at radius 2 is 2.12 bits per heavy atom. The molecule has 0 aromatic carbocycles. The molecule has 0 spiro atoms. The van der Waals surface area contributed by atoms with Crippen molar-refractivity contribution in [3.8, 4) is 0 Å². The number of ether oxygens (including phenoxy) is 3. The largest absolute Gasteiger partial charge is 0.469 e. The van der Waals surface area contributed by atoms with Gasteiger partial charge in [-0.2, -0.15) is 0 Å². The van der Waals surface area contributed by atoms with Gasteiger partial charge in [-0.25, -0.2) is 4.79 Å². The van der Waals surface area contributed by atoms with E-state index in [1.54, 1.807) is 0 Å². The zero-order valence-electron chi connectivity index (χ0n) is 9.16. The maximum Gasteiger partial charge on any atom is 0.337 e. The Hall–Kier alpha value is -2.00. The summed E-state index contributed by atoms with van der Waals surface area (Å²) in [6.07, 6.45) is 0.134. The molecule has 0 bridgehead atoms. The van der Waals surface area contributed by atoms with E-state index >= 15 is 0 Å². The lowest BCUT2D eigenvalue weighted by Gasteiger charge is -2.03. The van der Waals surface area contributed by atoms with Gasteiger partial charge in [0.15, 0.2) is 0 Å². The summed E-state index contributed by atoms with van der Waals surface area (Å²) in [6, 6.07) is 0. The first-order chi connectivity index (χ1) is 7.62. The van der Waals surface area contributed by atoms with Crippen LogP contribution in [0, 0.1) is 0 Å². The number of carbonyl (C=O) groups excluding carboxylic acids is 2. The summed E-state index contributed by atoms with van der Waals surface area (Å²) < 4.78 is 14.3. The van der Waals surface area contributed by atoms with Crippen molar-refractivity contribution in [1.29, 1.82) is 0 Å². The minimum absolute atomic E-state index is 0.105. The number of allylic oxidation sites excluding steroid dienone is 1. The SMILES string of the molecule is C=C=C1CC(C(=O)OC)=C(CC(=O)OC)O1. The summed E-state index contributed by atoms with van der Waals surface area (Å²) in [4.78, 5) is 22.5. The van der Waals surface area contributed by atoms with E-state index in [1.807, 2.05) is 0 Å². The fourth-order valence-electron chi connectivity index (χ4n) is 1.26. The minimum Gasteiger partial charge on any atom is -0.469 e. The van der Waals surface area contributed by atoms with Gasteiger partial charge in [-0.15, -0.1) is 0 Å². The van der Waals surface area contributed by atoms with Gasteiger partial charge in [0.05, 0.1) is 19.8 Å². The summed E-state index contributed by atoms with van der Waals surface area (Å²) >= 11 is 0. The smallest absolute Gasteiger partial charge is 0.337 e. The van der Waals surface area contributed by atoms with Gasteiger partial charge < -0.3 is 14.2 Å². The van der Waals surface area contributed by atoms with Crippen LogP contribution in [0.3, 0.4) is 0 Å². The normalized spacial score (nSPS) is 14.2. The summed E-state index contributed by atoms with van der Waals surface area (Å²) in [5.74, 6) is -0.366. The van der Waals surface area contributed by atoms with Crippen molar-refractivity contribution in [3.05, 3.63) is 29.4 Å². The zero-order chi connectivity index (χ0) is 12.1. The van der Waals surface area contributed by atoms with Crippen molar-refractivity contribution in [2.45, 2.75) is 12.8 Å². The second-order valence-corrected chi connectivity index (χ2v) is 3.03. The molecule has 0 aromatic heterocycles. The van der Waals surface area contributed by atoms with Crippen molar-refractivity contribution in [2.24, 2.45) is 0 Å². The van der Waals surface area contributed by atoms with E-state index in [0.717, 1.165) is 0 Å². The molecule has 0 N–H and O–H groups in total. The fourth-order valence-corrected chi connectivity index (χ4v) is 1.26. The molecule has 0 unspecified atom stereocenters. The molecule has 0 radical (unpaired) electrons. The highest BCUT2D eigenvalue weighted by molar-refractivity contribution is 5.91. The maximum absolute atomic E-state index is 11.4. The van der Waals surface area contributed by atoms with Crippen molar-refractivity contribution in [1.82, 2.24) is 0 Å². The Balaban J connectivity index is 2.93. The van der Waals surface area contributed by atoms with Crippen molar-refractivity contribution in [3.63, 3.8) is 0 Å². The van der Waals surface area contributed by atoms with E-state index in [-0.39, 0.29) is 18.6 Å². The maximum atomic E-state index is 11.4. The van der Waals surface area contributed by atoms with Crippen molar-refractivity contribution in [2.75, 3.05) is 14.2 Å². The standard InChI is InChI=1S/C11H12O5/c1-4-7-5-8(11(13)15-3)9(16-7)6-10(12)14-2/h1,5-6H2,2-3H3. The second-order valence-electron chi connectivity index (χ2n) is 3.03. The molecule has 0 saturated heterocycles. The van der Waals surface area contributed by atoms with E-state index in [4.69, 9.17) is 4.74 Å². The summed E-state index contributed by atoms with van der Waals surface area (Å²) in [7, 11) is 2.53. The fraction of sp³-hybridized carbons (Fsp3) is 0.364. The molecule has 1 aliphatic rings. The van der Waals surface area contributed by atoms with Crippen LogP contribution in [-0.2, 0) is 23.8 Å². The van der Waals surface area contributed by atoms with Crippen LogP contribution >= 0.6 is 0 Å². The molecule has 1 aliphatic heterocycles. The number of carbonyl (C=O) groups is 2. The Kier molecular flexibility index (Phi) is 3.91. The molecular weight excluding hydrogens is 212 g/mol. The molecule has 16 heavy (non-hydrogen) atoms. The molecule has 1 heterocycles. The van der Waals surface area contributed by atoms with Gasteiger partial charge in [0.1, 0.15) is 17.9 Å². The molecule has 0 amide bonds. The van der Waals surface area contributed by atoms with Crippen molar-refractivity contribution < 1.29 is 23.8 Å². The molecule has 0 aliphatic carbocycles. The molecule has 0 saturated carbocycles. The van der Waals surface area contributed by atoms with E-state index in [0.29, 0.717) is 11.3 Å². The van der Waals surface area contributed by atoms with E-state index in [9.17, 15) is 9.59 Å². The van der Waals surface area contributed by atoms with E-state index in [1.165, 1.54) is 14.2 Å². The quantitative estimate of drug-likeness (QED) is 0.530. The Labute approximate surface area is 93.0 Å². The summed E-state index contributed by atoms with van der Waals surface area (Å²) in [5.41, 5.74) is 2.84. The van der Waals surface area contributed by atoms with Gasteiger partial charge in [0.25, 0.3) is 0 Å². The van der Waals surface area contributed by atoms with Gasteiger partial charge in [-0.05, 0) is 0 Å². The minimum atomic E-state index is -0.524. The van der Waals surface area contributed by atoms with Gasteiger partial charge in [0, 0.05) is 6.42 Å². The summed E-state index contributed by atoms with van der Waals surface area (Å²) in [6.45, 7) is 3.41. The lowest BCUT2D eigenvalue weighted by Crippen LogP contribution is -2.08. The monoisotopic (exact) mass is 224 g/mol. The Bertz CT molecular complexity index is 399. The third-order valence-electron chi connectivity index (χ3n) is 2.08. The van der Waals surface area contributed by atoms with Gasteiger partial charge >= 0.3 is 11.9 Å². The highest BCUT2D eigenvalue weighted by atomic mass is 16.5. The highest BCUT2D eigenvalue weighted by Gasteiger charge is 2.28. The molecule has 5 heteroatoms. The second kappa shape index (κ2) is 5.19. The highest BCUT2D eigenvalue weighted by Crippen LogP contribution is 2.30. The molecule has 0 aromatic rings. The van der Waals surface area contributed by atoms with E-state index in [2.05, 4.69) is 21.8 Å². The molecule has 1 rings (SSSR count). The predicted molar refractivity (Wildman–Crippen MR) is 54.0 cm³/mol. The first-order valence-corrected chi connectivity index (χ1v) is 4.56. The molecular formula is C11H12O5. The van der Waals surface area contributed by atoms with Crippen LogP contribution < -0.4 is 0 Å². The van der Waals surface area contributed by atoms with Crippen LogP contribution in [0.5, 0.6) is 0 Å². The number of hydrogen-bond donors (Lipinski definition) is 0. The van der Waals surface area contributed by atoms with Crippen LogP contribution in [0.25, 0.3) is 0 Å². The average molecular weight is 224 g/mol. The number of methoxy groups -OCH3 is 2. The van der Waals surface area contributed by atoms with Crippen LogP contribution in [0.15, 0.2) is 29.4 Å². The van der Waals surface area contributed by atoms with Crippen LogP contribution in [0.4, 0.5) is 0 Å². The van der Waals surface area contributed by atoms with Crippen LogP contribution in [0.2, 0.25) is 0 Å². The number of hydrogen-bond acceptors (Lipinski definition) is 5. The molecule has 5 nitrogen and oxygen atoms in total. The lowest BCUT2D eigenvalue weighted by atomic mass is 10.1. The van der Waals surface area contributed by atoms with Crippen molar-refractivity contribution >= 4 is 11.9 Å². The van der Waals surface area contributed by atoms with Gasteiger partial charge in [-0.3, -0.25) is 4.79 Å². The number of esters is 2. The van der Waals surface area contributed by atoms with Crippen LogP contribution in [0.1, 0.15) is 12.8 Å². The van der Waals surface area contributed by atoms with Gasteiger partial charge in [-0.1, -0.05) is 12.3 Å². The average Bonchev–Trinajstić information content (AvgIpc) is 2.71. The third kappa shape index (κ3) is 2.52. The number of rotatable bonds is 3.